The summed E-state index contributed by atoms with van der Waals surface area (Å²) in [7, 11) is 0. The van der Waals surface area contributed by atoms with Gasteiger partial charge in [0.25, 0.3) is 0 Å². The highest BCUT2D eigenvalue weighted by molar-refractivity contribution is 6.28. The van der Waals surface area contributed by atoms with Gasteiger partial charge in [0.05, 0.1) is 22.7 Å². The molecule has 12 aromatic rings. The van der Waals surface area contributed by atoms with Crippen molar-refractivity contribution >= 4 is 66.4 Å². The third kappa shape index (κ3) is 8.48. The second-order valence-electron chi connectivity index (χ2n) is 19.5. The van der Waals surface area contributed by atoms with Crippen molar-refractivity contribution in [2.24, 2.45) is 0 Å². The predicted octanol–water partition coefficient (Wildman–Crippen LogP) is 20.0. The molecule has 0 radical (unpaired) electrons. The van der Waals surface area contributed by atoms with Crippen LogP contribution < -0.4 is 9.80 Å². The van der Waals surface area contributed by atoms with Crippen molar-refractivity contribution in [3.05, 3.63) is 264 Å². The number of aryl methyl sites for hydroxylation is 4. The Morgan fingerprint density at radius 1 is 0.257 bits per heavy atom. The summed E-state index contributed by atoms with van der Waals surface area (Å²) in [6.07, 6.45) is 0. The lowest BCUT2D eigenvalue weighted by atomic mass is 9.91. The number of anilines is 6. The summed E-state index contributed by atoms with van der Waals surface area (Å²) in [5.74, 6) is -2.79. The van der Waals surface area contributed by atoms with Crippen molar-refractivity contribution in [3.8, 4) is 44.5 Å². The van der Waals surface area contributed by atoms with E-state index in [0.717, 1.165) is 111 Å². The van der Waals surface area contributed by atoms with Crippen LogP contribution in [0.25, 0.3) is 76.8 Å². The van der Waals surface area contributed by atoms with Crippen molar-refractivity contribution in [1.29, 1.82) is 0 Å². The average molecular weight is 969 g/mol. The molecule has 0 amide bonds. The minimum absolute atomic E-state index is 0.175. The Bertz CT molecular complexity index is 3690. The highest BCUT2D eigenvalue weighted by atomic mass is 19.1. The van der Waals surface area contributed by atoms with E-state index >= 15 is 8.78 Å². The summed E-state index contributed by atoms with van der Waals surface area (Å²) in [6, 6.07) is 69.7. The molecule has 0 fully saturated rings. The molecule has 12 rings (SSSR count). The second kappa shape index (κ2) is 18.6. The van der Waals surface area contributed by atoms with Gasteiger partial charge in [0, 0.05) is 34.3 Å². The van der Waals surface area contributed by atoms with E-state index in [-0.39, 0.29) is 11.4 Å². The SMILES string of the molecule is Cc1ccc(-c2cc(-c3ccc(C)cc3)cc(N(c3ccc(F)cc3F)c3ccc4ccc5c(N(c6cc(-c7ccc(C)cc7)cc(-c7ccc(C)cc7)c6)c6ccc(F)cc6F)ccc6ccc3c4c65)c2)cc1. The van der Waals surface area contributed by atoms with Gasteiger partial charge in [-0.15, -0.1) is 0 Å². The van der Waals surface area contributed by atoms with Crippen molar-refractivity contribution in [2.75, 3.05) is 9.80 Å². The van der Waals surface area contributed by atoms with E-state index in [1.165, 1.54) is 24.3 Å². The van der Waals surface area contributed by atoms with Gasteiger partial charge < -0.3 is 9.80 Å². The van der Waals surface area contributed by atoms with E-state index in [1.54, 1.807) is 0 Å². The number of benzene rings is 12. The predicted molar refractivity (Wildman–Crippen MR) is 300 cm³/mol. The van der Waals surface area contributed by atoms with E-state index in [1.807, 2.05) is 34.1 Å². The zero-order chi connectivity index (χ0) is 50.8. The third-order valence-electron chi connectivity index (χ3n) is 14.3. The number of hydrogen-bond acceptors (Lipinski definition) is 2. The zero-order valence-corrected chi connectivity index (χ0v) is 41.2. The lowest BCUT2D eigenvalue weighted by Crippen LogP contribution is -2.14. The van der Waals surface area contributed by atoms with Gasteiger partial charge in [-0.1, -0.05) is 156 Å². The van der Waals surface area contributed by atoms with E-state index < -0.39 is 23.3 Å². The molecule has 0 unspecified atom stereocenters. The highest BCUT2D eigenvalue weighted by Crippen LogP contribution is 2.50. The summed E-state index contributed by atoms with van der Waals surface area (Å²) >= 11 is 0. The standard InChI is InChI=1S/C68H48F4N2/c1-41-5-13-45(14-6-41)51-33-52(46-15-7-42(2)8-16-46)36-57(35-51)73(65-31-25-55(69)39-61(65)71)63-29-23-49-22-28-60-64(30-24-50-21-27-59(63)67(49)68(50)60)74(66-32-26-56(70)40-62(66)72)58-37-53(47-17-9-43(3)10-18-47)34-54(38-58)48-19-11-44(4)12-20-48/h5-40H,1-4H3. The van der Waals surface area contributed by atoms with Crippen LogP contribution in [-0.2, 0) is 0 Å². The van der Waals surface area contributed by atoms with E-state index in [9.17, 15) is 8.78 Å². The zero-order valence-electron chi connectivity index (χ0n) is 41.2. The quantitative estimate of drug-likeness (QED) is 0.0995. The van der Waals surface area contributed by atoms with Gasteiger partial charge in [-0.05, 0) is 167 Å². The lowest BCUT2D eigenvalue weighted by Gasteiger charge is -2.30. The molecule has 0 atom stereocenters. The first-order valence-electron chi connectivity index (χ1n) is 24.7. The minimum Gasteiger partial charge on any atom is -0.307 e. The fraction of sp³-hybridized carbons (Fsp3) is 0.0588. The van der Waals surface area contributed by atoms with Crippen molar-refractivity contribution in [3.63, 3.8) is 0 Å². The van der Waals surface area contributed by atoms with Crippen molar-refractivity contribution in [1.82, 2.24) is 0 Å². The molecule has 6 heteroatoms. The van der Waals surface area contributed by atoms with Crippen LogP contribution >= 0.6 is 0 Å². The maximum atomic E-state index is 16.7. The molecule has 358 valence electrons. The van der Waals surface area contributed by atoms with Gasteiger partial charge >= 0.3 is 0 Å². The molecule has 12 aromatic carbocycles. The number of nitrogens with zero attached hydrogens (tertiary/aromatic N) is 2. The summed E-state index contributed by atoms with van der Waals surface area (Å²) in [5.41, 5.74) is 15.2. The minimum atomic E-state index is -0.717. The molecular weight excluding hydrogens is 921 g/mol. The largest absolute Gasteiger partial charge is 0.307 e. The van der Waals surface area contributed by atoms with Crippen molar-refractivity contribution < 1.29 is 17.6 Å². The van der Waals surface area contributed by atoms with Gasteiger partial charge in [-0.3, -0.25) is 0 Å². The Balaban J connectivity index is 1.11. The Morgan fingerprint density at radius 3 is 0.838 bits per heavy atom. The van der Waals surface area contributed by atoms with Crippen LogP contribution in [0.5, 0.6) is 0 Å². The maximum Gasteiger partial charge on any atom is 0.150 e. The van der Waals surface area contributed by atoms with Crippen molar-refractivity contribution in [2.45, 2.75) is 27.7 Å². The number of rotatable bonds is 10. The van der Waals surface area contributed by atoms with Crippen LogP contribution in [0.15, 0.2) is 218 Å². The molecule has 0 saturated carbocycles. The smallest absolute Gasteiger partial charge is 0.150 e. The Morgan fingerprint density at radius 2 is 0.541 bits per heavy atom. The van der Waals surface area contributed by atoms with Crippen LogP contribution in [0, 0.1) is 51.0 Å². The summed E-state index contributed by atoms with van der Waals surface area (Å²) in [4.78, 5) is 3.78. The first-order chi connectivity index (χ1) is 35.9. The topological polar surface area (TPSA) is 6.48 Å². The number of halogens is 4. The molecule has 0 N–H and O–H groups in total. The Kier molecular flexibility index (Phi) is 11.6. The van der Waals surface area contributed by atoms with Gasteiger partial charge in [0.1, 0.15) is 23.3 Å². The summed E-state index contributed by atoms with van der Waals surface area (Å²) in [6.45, 7) is 8.22. The normalized spacial score (nSPS) is 11.5. The fourth-order valence-corrected chi connectivity index (χ4v) is 10.4. The summed E-state index contributed by atoms with van der Waals surface area (Å²) < 4.78 is 63.2. The highest BCUT2D eigenvalue weighted by Gasteiger charge is 2.26. The van der Waals surface area contributed by atoms with Gasteiger partial charge in [0.2, 0.25) is 0 Å². The second-order valence-corrected chi connectivity index (χ2v) is 19.5. The molecule has 0 heterocycles. The lowest BCUT2D eigenvalue weighted by molar-refractivity contribution is 0.583. The maximum absolute atomic E-state index is 16.7. The first-order valence-corrected chi connectivity index (χ1v) is 24.7. The first kappa shape index (κ1) is 46.1. The van der Waals surface area contributed by atoms with Crippen LogP contribution in [0.3, 0.4) is 0 Å². The molecule has 74 heavy (non-hydrogen) atoms. The molecule has 0 saturated heterocycles. The fourth-order valence-electron chi connectivity index (χ4n) is 10.4. The molecule has 0 aliphatic rings. The molecule has 0 bridgehead atoms. The Labute approximate surface area is 428 Å². The molecular formula is C68H48F4N2. The van der Waals surface area contributed by atoms with E-state index in [2.05, 4.69) is 185 Å². The number of hydrogen-bond donors (Lipinski definition) is 0. The molecule has 0 spiro atoms. The van der Waals surface area contributed by atoms with Crippen LogP contribution in [0.4, 0.5) is 51.7 Å². The van der Waals surface area contributed by atoms with Gasteiger partial charge in [0.15, 0.2) is 0 Å². The van der Waals surface area contributed by atoms with E-state index in [0.29, 0.717) is 22.7 Å². The van der Waals surface area contributed by atoms with Crippen LogP contribution in [0.2, 0.25) is 0 Å². The molecule has 2 nitrogen and oxygen atoms in total. The van der Waals surface area contributed by atoms with E-state index in [4.69, 9.17) is 0 Å². The van der Waals surface area contributed by atoms with Crippen LogP contribution in [0.1, 0.15) is 22.3 Å². The van der Waals surface area contributed by atoms with Gasteiger partial charge in [-0.25, -0.2) is 17.6 Å². The Hall–Kier alpha value is -9.00. The molecule has 0 aliphatic carbocycles. The van der Waals surface area contributed by atoms with Gasteiger partial charge in [-0.2, -0.15) is 0 Å². The molecule has 0 aromatic heterocycles. The molecule has 0 aliphatic heterocycles. The van der Waals surface area contributed by atoms with Crippen LogP contribution in [-0.4, -0.2) is 0 Å². The monoisotopic (exact) mass is 968 g/mol. The summed E-state index contributed by atoms with van der Waals surface area (Å²) in [5, 5.41) is 5.34. The third-order valence-corrected chi connectivity index (χ3v) is 14.3. The average Bonchev–Trinajstić information content (AvgIpc) is 3.41.